The van der Waals surface area contributed by atoms with Crippen LogP contribution < -0.4 is 0 Å². The summed E-state index contributed by atoms with van der Waals surface area (Å²) >= 11 is 0. The lowest BCUT2D eigenvalue weighted by molar-refractivity contribution is -0.138. The van der Waals surface area contributed by atoms with Gasteiger partial charge in [0, 0.05) is 12.8 Å². The number of aliphatic carboxylic acids is 2. The van der Waals surface area contributed by atoms with Crippen LogP contribution in [-0.2, 0) is 22.4 Å². The van der Waals surface area contributed by atoms with Crippen LogP contribution in [0.5, 0.6) is 0 Å². The van der Waals surface area contributed by atoms with Crippen molar-refractivity contribution < 1.29 is 19.8 Å². The van der Waals surface area contributed by atoms with E-state index in [9.17, 15) is 9.59 Å². The molecule has 1 aromatic carbocycles. The summed E-state index contributed by atoms with van der Waals surface area (Å²) in [5, 5.41) is 17.4. The SMILES string of the molecule is CC(C)c1cccc(CCCCCC(=O)O)c1CCCCCC(=O)O. The summed E-state index contributed by atoms with van der Waals surface area (Å²) in [5.41, 5.74) is 4.19. The van der Waals surface area contributed by atoms with Crippen molar-refractivity contribution >= 4 is 11.9 Å². The zero-order valence-corrected chi connectivity index (χ0v) is 15.6. The van der Waals surface area contributed by atoms with Crippen molar-refractivity contribution in [2.45, 2.75) is 84.0 Å². The van der Waals surface area contributed by atoms with Crippen LogP contribution in [0.25, 0.3) is 0 Å². The highest BCUT2D eigenvalue weighted by Crippen LogP contribution is 2.26. The van der Waals surface area contributed by atoms with E-state index in [1.807, 2.05) is 0 Å². The van der Waals surface area contributed by atoms with Crippen molar-refractivity contribution in [3.8, 4) is 0 Å². The molecule has 0 spiro atoms. The van der Waals surface area contributed by atoms with Crippen molar-refractivity contribution in [1.29, 1.82) is 0 Å². The molecule has 0 aliphatic heterocycles. The second kappa shape index (κ2) is 11.7. The molecule has 0 atom stereocenters. The Kier molecular flexibility index (Phi) is 9.90. The first kappa shape index (κ1) is 21.2. The molecular formula is C21H32O4. The molecule has 0 aliphatic rings. The Hall–Kier alpha value is -1.84. The van der Waals surface area contributed by atoms with Gasteiger partial charge in [0.15, 0.2) is 0 Å². The fourth-order valence-electron chi connectivity index (χ4n) is 3.26. The molecule has 0 fully saturated rings. The average molecular weight is 348 g/mol. The quantitative estimate of drug-likeness (QED) is 0.481. The highest BCUT2D eigenvalue weighted by Gasteiger charge is 2.11. The largest absolute Gasteiger partial charge is 0.481 e. The smallest absolute Gasteiger partial charge is 0.303 e. The van der Waals surface area contributed by atoms with E-state index in [4.69, 9.17) is 10.2 Å². The molecular weight excluding hydrogens is 316 g/mol. The molecule has 0 bridgehead atoms. The molecule has 0 aromatic heterocycles. The van der Waals surface area contributed by atoms with Gasteiger partial charge < -0.3 is 10.2 Å². The van der Waals surface area contributed by atoms with Crippen molar-refractivity contribution in [2.75, 3.05) is 0 Å². The maximum atomic E-state index is 10.6. The topological polar surface area (TPSA) is 74.6 Å². The van der Waals surface area contributed by atoms with E-state index in [1.54, 1.807) is 0 Å². The fraction of sp³-hybridized carbons (Fsp3) is 0.619. The zero-order valence-electron chi connectivity index (χ0n) is 15.6. The standard InChI is InChI=1S/C21H32O4/c1-16(2)18-13-9-11-17(10-5-3-7-14-20(22)23)19(18)12-6-4-8-15-21(24)25/h9,11,13,16H,3-8,10,12,14-15H2,1-2H3,(H,22,23)(H,24,25). The van der Waals surface area contributed by atoms with E-state index in [0.29, 0.717) is 5.92 Å². The first-order valence-corrected chi connectivity index (χ1v) is 9.46. The summed E-state index contributed by atoms with van der Waals surface area (Å²) in [5.74, 6) is -0.963. The monoisotopic (exact) mass is 348 g/mol. The summed E-state index contributed by atoms with van der Waals surface area (Å²) in [6.45, 7) is 4.42. The van der Waals surface area contributed by atoms with Gasteiger partial charge in [-0.2, -0.15) is 0 Å². The molecule has 4 nitrogen and oxygen atoms in total. The Bertz CT molecular complexity index is 549. The van der Waals surface area contributed by atoms with Crippen LogP contribution in [0.2, 0.25) is 0 Å². The zero-order chi connectivity index (χ0) is 18.7. The minimum Gasteiger partial charge on any atom is -0.481 e. The van der Waals surface area contributed by atoms with Crippen LogP contribution in [0.15, 0.2) is 18.2 Å². The number of hydrogen-bond acceptors (Lipinski definition) is 2. The lowest BCUT2D eigenvalue weighted by atomic mass is 9.88. The van der Waals surface area contributed by atoms with Crippen LogP contribution in [0.1, 0.15) is 87.8 Å². The highest BCUT2D eigenvalue weighted by molar-refractivity contribution is 5.66. The van der Waals surface area contributed by atoms with Crippen LogP contribution in [0.3, 0.4) is 0 Å². The molecule has 0 aliphatic carbocycles. The molecule has 25 heavy (non-hydrogen) atoms. The Morgan fingerprint density at radius 1 is 0.840 bits per heavy atom. The van der Waals surface area contributed by atoms with E-state index < -0.39 is 11.9 Å². The number of carboxylic acids is 2. The van der Waals surface area contributed by atoms with Crippen LogP contribution in [-0.4, -0.2) is 22.2 Å². The summed E-state index contributed by atoms with van der Waals surface area (Å²) in [4.78, 5) is 21.2. The number of carbonyl (C=O) groups is 2. The second-order valence-corrected chi connectivity index (χ2v) is 7.05. The molecule has 0 radical (unpaired) electrons. The lowest BCUT2D eigenvalue weighted by Gasteiger charge is -2.17. The van der Waals surface area contributed by atoms with Gasteiger partial charge in [0.25, 0.3) is 0 Å². The van der Waals surface area contributed by atoms with E-state index in [0.717, 1.165) is 51.4 Å². The molecule has 140 valence electrons. The molecule has 1 rings (SSSR count). The van der Waals surface area contributed by atoms with Gasteiger partial charge in [0.05, 0.1) is 0 Å². The van der Waals surface area contributed by atoms with Crippen LogP contribution >= 0.6 is 0 Å². The van der Waals surface area contributed by atoms with Gasteiger partial charge in [0.2, 0.25) is 0 Å². The van der Waals surface area contributed by atoms with Gasteiger partial charge in [-0.25, -0.2) is 0 Å². The fourth-order valence-corrected chi connectivity index (χ4v) is 3.26. The molecule has 0 amide bonds. The molecule has 0 heterocycles. The van der Waals surface area contributed by atoms with Crippen LogP contribution in [0.4, 0.5) is 0 Å². The van der Waals surface area contributed by atoms with E-state index in [1.165, 1.54) is 16.7 Å². The van der Waals surface area contributed by atoms with Crippen molar-refractivity contribution in [1.82, 2.24) is 0 Å². The first-order chi connectivity index (χ1) is 11.9. The number of benzene rings is 1. The number of aryl methyl sites for hydroxylation is 1. The summed E-state index contributed by atoms with van der Waals surface area (Å²) < 4.78 is 0. The third-order valence-corrected chi connectivity index (χ3v) is 4.59. The average Bonchev–Trinajstić information content (AvgIpc) is 2.54. The molecule has 1 aromatic rings. The minimum atomic E-state index is -0.719. The molecule has 0 saturated heterocycles. The lowest BCUT2D eigenvalue weighted by Crippen LogP contribution is -2.03. The summed E-state index contributed by atoms with van der Waals surface area (Å²) in [7, 11) is 0. The van der Waals surface area contributed by atoms with E-state index >= 15 is 0 Å². The van der Waals surface area contributed by atoms with Gasteiger partial charge in [-0.1, -0.05) is 44.9 Å². The molecule has 0 saturated carbocycles. The third-order valence-electron chi connectivity index (χ3n) is 4.59. The highest BCUT2D eigenvalue weighted by atomic mass is 16.4. The predicted molar refractivity (Wildman–Crippen MR) is 100 cm³/mol. The number of rotatable bonds is 13. The number of unbranched alkanes of at least 4 members (excludes halogenated alkanes) is 4. The van der Waals surface area contributed by atoms with E-state index in [-0.39, 0.29) is 12.8 Å². The first-order valence-electron chi connectivity index (χ1n) is 9.46. The Morgan fingerprint density at radius 3 is 1.92 bits per heavy atom. The van der Waals surface area contributed by atoms with E-state index in [2.05, 4.69) is 32.0 Å². The van der Waals surface area contributed by atoms with Crippen molar-refractivity contribution in [3.63, 3.8) is 0 Å². The van der Waals surface area contributed by atoms with Crippen LogP contribution in [0, 0.1) is 0 Å². The second-order valence-electron chi connectivity index (χ2n) is 7.05. The predicted octanol–water partition coefficient (Wildman–Crippen LogP) is 5.19. The minimum absolute atomic E-state index is 0.252. The summed E-state index contributed by atoms with van der Waals surface area (Å²) in [6.07, 6.45) is 7.89. The van der Waals surface area contributed by atoms with Gasteiger partial charge in [-0.15, -0.1) is 0 Å². The third kappa shape index (κ3) is 8.71. The molecule has 2 N–H and O–H groups in total. The normalized spacial score (nSPS) is 11.0. The van der Waals surface area contributed by atoms with Crippen molar-refractivity contribution in [2.24, 2.45) is 0 Å². The maximum absolute atomic E-state index is 10.6. The molecule has 4 heteroatoms. The Balaban J connectivity index is 2.61. The Morgan fingerprint density at radius 2 is 1.40 bits per heavy atom. The van der Waals surface area contributed by atoms with Gasteiger partial charge in [-0.3, -0.25) is 9.59 Å². The van der Waals surface area contributed by atoms with Crippen molar-refractivity contribution in [3.05, 3.63) is 34.9 Å². The summed E-state index contributed by atoms with van der Waals surface area (Å²) in [6, 6.07) is 6.51. The number of carboxylic acid groups (broad SMARTS) is 2. The molecule has 0 unspecified atom stereocenters. The Labute approximate surface area is 151 Å². The maximum Gasteiger partial charge on any atom is 0.303 e. The number of hydrogen-bond donors (Lipinski definition) is 2. The van der Waals surface area contributed by atoms with Gasteiger partial charge in [-0.05, 0) is 61.1 Å². The van der Waals surface area contributed by atoms with Gasteiger partial charge in [0.1, 0.15) is 0 Å². The van der Waals surface area contributed by atoms with Gasteiger partial charge >= 0.3 is 11.9 Å².